The third kappa shape index (κ3) is 5.37. The van der Waals surface area contributed by atoms with Gasteiger partial charge in [0.1, 0.15) is 6.10 Å². The zero-order chi connectivity index (χ0) is 22.4. The van der Waals surface area contributed by atoms with Crippen LogP contribution < -0.4 is 0 Å². The van der Waals surface area contributed by atoms with Gasteiger partial charge in [-0.3, -0.25) is 9.59 Å². The molecule has 2 N–H and O–H groups in total. The Bertz CT molecular complexity index is 750. The number of hydrogen-bond acceptors (Lipinski definition) is 8. The Balaban J connectivity index is 2.61. The Morgan fingerprint density at radius 1 is 1.30 bits per heavy atom. The van der Waals surface area contributed by atoms with Crippen LogP contribution in [0.1, 0.15) is 40.0 Å². The van der Waals surface area contributed by atoms with Crippen molar-refractivity contribution in [2.75, 3.05) is 13.2 Å². The van der Waals surface area contributed by atoms with Crippen molar-refractivity contribution in [3.63, 3.8) is 0 Å². The van der Waals surface area contributed by atoms with E-state index in [1.54, 1.807) is 19.1 Å². The van der Waals surface area contributed by atoms with Crippen LogP contribution >= 0.6 is 0 Å². The van der Waals surface area contributed by atoms with Gasteiger partial charge in [0.15, 0.2) is 12.2 Å². The third-order valence-corrected chi connectivity index (χ3v) is 5.50. The van der Waals surface area contributed by atoms with Crippen LogP contribution in [0.4, 0.5) is 0 Å². The first kappa shape index (κ1) is 23.8. The van der Waals surface area contributed by atoms with Gasteiger partial charge in [0.2, 0.25) is 0 Å². The second kappa shape index (κ2) is 10.5. The van der Waals surface area contributed by atoms with Crippen molar-refractivity contribution in [2.45, 2.75) is 58.3 Å². The number of hydrogen-bond donors (Lipinski definition) is 2. The topological polar surface area (TPSA) is 119 Å². The molecule has 1 saturated heterocycles. The average Bonchev–Trinajstić information content (AvgIpc) is 2.99. The smallest absolute Gasteiger partial charge is 0.334 e. The zero-order valence-electron chi connectivity index (χ0n) is 17.6. The van der Waals surface area contributed by atoms with Crippen LogP contribution in [0.3, 0.4) is 0 Å². The average molecular weight is 422 g/mol. The molecule has 8 nitrogen and oxygen atoms in total. The van der Waals surface area contributed by atoms with Crippen LogP contribution in [0.15, 0.2) is 35.5 Å². The Morgan fingerprint density at radius 3 is 2.57 bits per heavy atom. The van der Waals surface area contributed by atoms with Crippen molar-refractivity contribution >= 4 is 17.9 Å². The van der Waals surface area contributed by atoms with Gasteiger partial charge in [-0.2, -0.15) is 0 Å². The Hall–Kier alpha value is -2.45. The molecule has 0 spiro atoms. The minimum Gasteiger partial charge on any atom is -0.457 e. The summed E-state index contributed by atoms with van der Waals surface area (Å²) >= 11 is 0. The number of carbonyl (C=O) groups is 3. The molecule has 0 aromatic carbocycles. The molecule has 0 saturated carbocycles. The minimum absolute atomic E-state index is 0.0745. The monoisotopic (exact) mass is 422 g/mol. The van der Waals surface area contributed by atoms with Crippen LogP contribution in [0.25, 0.3) is 0 Å². The molecule has 8 heteroatoms. The molecule has 2 aliphatic rings. The largest absolute Gasteiger partial charge is 0.457 e. The molecule has 1 aliphatic carbocycles. The van der Waals surface area contributed by atoms with E-state index < -0.39 is 54.7 Å². The highest BCUT2D eigenvalue weighted by Crippen LogP contribution is 2.37. The molecule has 1 aliphatic heterocycles. The number of aliphatic hydroxyl groups is 2. The summed E-state index contributed by atoms with van der Waals surface area (Å²) in [6.07, 6.45) is 1.67. The lowest BCUT2D eigenvalue weighted by Crippen LogP contribution is -2.46. The maximum absolute atomic E-state index is 12.7. The first-order chi connectivity index (χ1) is 14.2. The van der Waals surface area contributed by atoms with E-state index in [9.17, 15) is 24.6 Å². The van der Waals surface area contributed by atoms with Gasteiger partial charge < -0.3 is 24.4 Å². The van der Waals surface area contributed by atoms with Crippen LogP contribution in [0.5, 0.6) is 0 Å². The van der Waals surface area contributed by atoms with Gasteiger partial charge in [-0.15, -0.1) is 0 Å². The summed E-state index contributed by atoms with van der Waals surface area (Å²) in [5.41, 5.74) is 1.06. The number of ether oxygens (including phenoxy) is 3. The second-order valence-electron chi connectivity index (χ2n) is 7.62. The fourth-order valence-electron chi connectivity index (χ4n) is 3.56. The van der Waals surface area contributed by atoms with E-state index in [-0.39, 0.29) is 12.2 Å². The highest BCUT2D eigenvalue weighted by molar-refractivity contribution is 5.91. The lowest BCUT2D eigenvalue weighted by molar-refractivity contribution is -0.171. The molecule has 1 heterocycles. The lowest BCUT2D eigenvalue weighted by atomic mass is 9.83. The molecule has 0 bridgehead atoms. The van der Waals surface area contributed by atoms with E-state index in [1.165, 1.54) is 6.92 Å². The summed E-state index contributed by atoms with van der Waals surface area (Å²) in [4.78, 5) is 36.8. The number of allylic oxidation sites excluding steroid dienone is 1. The molecule has 30 heavy (non-hydrogen) atoms. The number of rotatable bonds is 6. The SMILES string of the molecule is C=C1C(=O)O[C@@H]2/C=C(\CO)CC/C=C(/CO)[C@@H](OC(C)=O)[C@@H](OC(=O)C(C)CC)[C@@H]12. The lowest BCUT2D eigenvalue weighted by Gasteiger charge is -2.34. The first-order valence-electron chi connectivity index (χ1n) is 10.1. The molecule has 0 aromatic rings. The number of carbonyl (C=O) groups excluding carboxylic acids is 3. The Labute approximate surface area is 176 Å². The van der Waals surface area contributed by atoms with Crippen molar-refractivity contribution in [1.82, 2.24) is 0 Å². The fraction of sp³-hybridized carbons (Fsp3) is 0.591. The van der Waals surface area contributed by atoms with Gasteiger partial charge in [0.25, 0.3) is 0 Å². The van der Waals surface area contributed by atoms with Crippen molar-refractivity contribution < 1.29 is 38.8 Å². The molecular weight excluding hydrogens is 392 g/mol. The maximum atomic E-state index is 12.7. The van der Waals surface area contributed by atoms with E-state index in [0.29, 0.717) is 30.4 Å². The van der Waals surface area contributed by atoms with Crippen molar-refractivity contribution in [2.24, 2.45) is 11.8 Å². The first-order valence-corrected chi connectivity index (χ1v) is 10.1. The molecule has 5 atom stereocenters. The van der Waals surface area contributed by atoms with E-state index in [4.69, 9.17) is 14.2 Å². The number of fused-ring (bicyclic) bond motifs is 1. The highest BCUT2D eigenvalue weighted by Gasteiger charge is 2.49. The van der Waals surface area contributed by atoms with E-state index in [0.717, 1.165) is 0 Å². The summed E-state index contributed by atoms with van der Waals surface area (Å²) < 4.78 is 16.7. The normalized spacial score (nSPS) is 31.4. The molecule has 1 fully saturated rings. The molecular formula is C22H30O8. The Kier molecular flexibility index (Phi) is 8.37. The summed E-state index contributed by atoms with van der Waals surface area (Å²) in [5.74, 6) is -3.07. The fourth-order valence-corrected chi connectivity index (χ4v) is 3.56. The predicted molar refractivity (Wildman–Crippen MR) is 107 cm³/mol. The van der Waals surface area contributed by atoms with Gasteiger partial charge >= 0.3 is 17.9 Å². The molecule has 0 radical (unpaired) electrons. The van der Waals surface area contributed by atoms with Crippen LogP contribution in [0.2, 0.25) is 0 Å². The van der Waals surface area contributed by atoms with Crippen LogP contribution in [-0.4, -0.2) is 59.6 Å². The number of aliphatic hydroxyl groups excluding tert-OH is 2. The van der Waals surface area contributed by atoms with Gasteiger partial charge in [-0.05, 0) is 36.5 Å². The molecule has 1 unspecified atom stereocenters. The summed E-state index contributed by atoms with van der Waals surface area (Å²) in [6, 6.07) is 0. The van der Waals surface area contributed by atoms with Crippen LogP contribution in [-0.2, 0) is 28.6 Å². The Morgan fingerprint density at radius 2 is 2.00 bits per heavy atom. The van der Waals surface area contributed by atoms with E-state index in [2.05, 4.69) is 6.58 Å². The standard InChI is InChI=1S/C22H30O8/c1-5-12(2)21(26)30-20-18-13(3)22(27)29-17(18)9-15(10-23)7-6-8-16(11-24)19(20)28-14(4)25/h8-9,12,17-20,23-24H,3,5-7,10-11H2,1-2,4H3/b15-9-,16-8-/t12?,17-,18+,19-,20+/m1/s1. The van der Waals surface area contributed by atoms with Crippen molar-refractivity contribution in [3.8, 4) is 0 Å². The summed E-state index contributed by atoms with van der Waals surface area (Å²) in [6.45, 7) is 7.89. The predicted octanol–water partition coefficient (Wildman–Crippen LogP) is 1.60. The molecule has 0 amide bonds. The second-order valence-corrected chi connectivity index (χ2v) is 7.62. The summed E-state index contributed by atoms with van der Waals surface area (Å²) in [5, 5.41) is 19.6. The number of esters is 3. The molecule has 166 valence electrons. The summed E-state index contributed by atoms with van der Waals surface area (Å²) in [7, 11) is 0. The quantitative estimate of drug-likeness (QED) is 0.287. The van der Waals surface area contributed by atoms with Crippen LogP contribution in [0, 0.1) is 11.8 Å². The van der Waals surface area contributed by atoms with E-state index in [1.807, 2.05) is 6.92 Å². The molecule has 0 aromatic heterocycles. The van der Waals surface area contributed by atoms with Crippen molar-refractivity contribution in [1.29, 1.82) is 0 Å². The van der Waals surface area contributed by atoms with E-state index >= 15 is 0 Å². The minimum atomic E-state index is -1.13. The van der Waals surface area contributed by atoms with Gasteiger partial charge in [0.05, 0.1) is 25.0 Å². The van der Waals surface area contributed by atoms with Gasteiger partial charge in [-0.25, -0.2) is 4.79 Å². The third-order valence-electron chi connectivity index (χ3n) is 5.50. The van der Waals surface area contributed by atoms with Gasteiger partial charge in [0, 0.05) is 12.5 Å². The van der Waals surface area contributed by atoms with Crippen molar-refractivity contribution in [3.05, 3.63) is 35.5 Å². The van der Waals surface area contributed by atoms with Gasteiger partial charge in [-0.1, -0.05) is 26.5 Å². The zero-order valence-corrected chi connectivity index (χ0v) is 17.6. The maximum Gasteiger partial charge on any atom is 0.334 e. The molecule has 2 rings (SSSR count). The highest BCUT2D eigenvalue weighted by atomic mass is 16.6.